The molecule has 2 rings (SSSR count). The summed E-state index contributed by atoms with van der Waals surface area (Å²) in [5.41, 5.74) is 1.33. The Morgan fingerprint density at radius 1 is 1.15 bits per heavy atom. The highest BCUT2D eigenvalue weighted by Crippen LogP contribution is 2.37. The summed E-state index contributed by atoms with van der Waals surface area (Å²) < 4.78 is 20.6. The van der Waals surface area contributed by atoms with Crippen molar-refractivity contribution in [3.63, 3.8) is 0 Å². The summed E-state index contributed by atoms with van der Waals surface area (Å²) in [7, 11) is -2.02. The van der Waals surface area contributed by atoms with E-state index >= 15 is 0 Å². The Hall–Kier alpha value is -0.628. The van der Waals surface area contributed by atoms with E-state index in [4.69, 9.17) is 13.7 Å². The fraction of sp³-hybridized carbons (Fsp3) is 0.842. The zero-order valence-corrected chi connectivity index (χ0v) is 19.4. The van der Waals surface area contributed by atoms with E-state index in [1.807, 2.05) is 11.6 Å². The number of aryl methyl sites for hydroxylation is 2. The molecule has 1 aliphatic heterocycles. The third kappa shape index (κ3) is 4.43. The van der Waals surface area contributed by atoms with E-state index in [1.54, 1.807) is 0 Å². The molecule has 0 N–H and O–H groups in total. The van der Waals surface area contributed by atoms with Crippen LogP contribution in [0.3, 0.4) is 0 Å². The van der Waals surface area contributed by atoms with Crippen molar-refractivity contribution in [2.45, 2.75) is 97.7 Å². The van der Waals surface area contributed by atoms with Gasteiger partial charge in [0.15, 0.2) is 8.32 Å². The topological polar surface area (TPSA) is 45.5 Å². The Labute approximate surface area is 161 Å². The Balaban J connectivity index is 1.93. The molecule has 0 unspecified atom stereocenters. The number of aromatic nitrogens is 2. The number of rotatable bonds is 6. The summed E-state index contributed by atoms with van der Waals surface area (Å²) >= 11 is 0. The Morgan fingerprint density at radius 2 is 1.69 bits per heavy atom. The average Bonchev–Trinajstić information content (AvgIpc) is 2.91. The van der Waals surface area contributed by atoms with E-state index in [9.17, 15) is 0 Å². The molecule has 1 aromatic heterocycles. The van der Waals surface area contributed by atoms with Crippen LogP contribution in [0.1, 0.15) is 60.6 Å². The van der Waals surface area contributed by atoms with Gasteiger partial charge in [-0.2, -0.15) is 5.10 Å². The maximum Gasteiger partial charge on any atom is 0.498 e. The van der Waals surface area contributed by atoms with Gasteiger partial charge in [0, 0.05) is 24.8 Å². The Morgan fingerprint density at radius 3 is 2.19 bits per heavy atom. The van der Waals surface area contributed by atoms with E-state index in [1.165, 1.54) is 0 Å². The molecule has 0 amide bonds. The molecule has 0 saturated carbocycles. The molecule has 1 aliphatic rings. The SMILES string of the molecule is Cc1nn(CCCO[Si](C)(C)C(C)(C)C)cc1B1OC(C)(C)C(C)(C)O1. The van der Waals surface area contributed by atoms with Gasteiger partial charge in [0.2, 0.25) is 0 Å². The van der Waals surface area contributed by atoms with E-state index in [0.717, 1.165) is 30.7 Å². The van der Waals surface area contributed by atoms with Crippen molar-refractivity contribution in [3.8, 4) is 0 Å². The number of nitrogens with zero attached hydrogens (tertiary/aromatic N) is 2. The molecule has 7 heteroatoms. The van der Waals surface area contributed by atoms with Crippen LogP contribution >= 0.6 is 0 Å². The lowest BCUT2D eigenvalue weighted by molar-refractivity contribution is 0.00578. The van der Waals surface area contributed by atoms with Gasteiger partial charge in [-0.1, -0.05) is 20.8 Å². The van der Waals surface area contributed by atoms with Crippen LogP contribution in [0.4, 0.5) is 0 Å². The summed E-state index contributed by atoms with van der Waals surface area (Å²) in [4.78, 5) is 0. The first-order valence-electron chi connectivity index (χ1n) is 9.70. The van der Waals surface area contributed by atoms with Gasteiger partial charge in [0.25, 0.3) is 0 Å². The molecule has 0 atom stereocenters. The van der Waals surface area contributed by atoms with Gasteiger partial charge in [-0.15, -0.1) is 0 Å². The second-order valence-corrected chi connectivity index (χ2v) is 14.8. The second kappa shape index (κ2) is 7.08. The fourth-order valence-corrected chi connectivity index (χ4v) is 3.71. The molecule has 0 radical (unpaired) electrons. The molecule has 0 bridgehead atoms. The van der Waals surface area contributed by atoms with Gasteiger partial charge >= 0.3 is 7.12 Å². The minimum absolute atomic E-state index is 0.249. The third-order valence-corrected chi connectivity index (χ3v) is 10.8. The normalized spacial score (nSPS) is 20.0. The van der Waals surface area contributed by atoms with Gasteiger partial charge in [0.1, 0.15) is 0 Å². The van der Waals surface area contributed by atoms with Crippen molar-refractivity contribution in [2.24, 2.45) is 0 Å². The van der Waals surface area contributed by atoms with Crippen LogP contribution in [0.2, 0.25) is 18.1 Å². The zero-order chi connectivity index (χ0) is 20.0. The molecular formula is C19H37BN2O3Si. The molecule has 2 heterocycles. The van der Waals surface area contributed by atoms with Crippen molar-refractivity contribution in [1.82, 2.24) is 9.78 Å². The minimum Gasteiger partial charge on any atom is -0.417 e. The van der Waals surface area contributed by atoms with Crippen molar-refractivity contribution < 1.29 is 13.7 Å². The first-order valence-corrected chi connectivity index (χ1v) is 12.6. The number of hydrogen-bond acceptors (Lipinski definition) is 4. The Kier molecular flexibility index (Phi) is 5.90. The Bertz CT molecular complexity index is 619. The highest BCUT2D eigenvalue weighted by Gasteiger charge is 2.52. The molecule has 0 aliphatic carbocycles. The average molecular weight is 380 g/mol. The first kappa shape index (κ1) is 21.7. The van der Waals surface area contributed by atoms with Crippen molar-refractivity contribution in [1.29, 1.82) is 0 Å². The molecule has 26 heavy (non-hydrogen) atoms. The molecule has 0 aromatic carbocycles. The van der Waals surface area contributed by atoms with Crippen molar-refractivity contribution >= 4 is 20.9 Å². The fourth-order valence-electron chi connectivity index (χ4n) is 2.62. The first-order chi connectivity index (χ1) is 11.7. The van der Waals surface area contributed by atoms with Crippen LogP contribution < -0.4 is 5.46 Å². The summed E-state index contributed by atoms with van der Waals surface area (Å²) in [6.07, 6.45) is 3.01. The second-order valence-electron chi connectivity index (χ2n) is 9.98. The van der Waals surface area contributed by atoms with Gasteiger partial charge < -0.3 is 13.7 Å². The summed E-state index contributed by atoms with van der Waals surface area (Å²) in [6.45, 7) is 23.3. The highest BCUT2D eigenvalue weighted by atomic mass is 28.4. The van der Waals surface area contributed by atoms with E-state index < -0.39 is 8.32 Å². The quantitative estimate of drug-likeness (QED) is 0.555. The van der Waals surface area contributed by atoms with E-state index in [2.05, 4.69) is 72.9 Å². The maximum absolute atomic E-state index is 6.26. The molecular weight excluding hydrogens is 343 g/mol. The maximum atomic E-state index is 6.26. The lowest BCUT2D eigenvalue weighted by Crippen LogP contribution is -2.41. The third-order valence-electron chi connectivity index (χ3n) is 6.29. The van der Waals surface area contributed by atoms with Gasteiger partial charge in [-0.05, 0) is 59.2 Å². The summed E-state index contributed by atoms with van der Waals surface area (Å²) in [5.74, 6) is 0. The van der Waals surface area contributed by atoms with Crippen LogP contribution in [-0.4, -0.2) is 43.0 Å². The molecule has 148 valence electrons. The number of hydrogen-bond donors (Lipinski definition) is 0. The van der Waals surface area contributed by atoms with Crippen molar-refractivity contribution in [2.75, 3.05) is 6.61 Å². The lowest BCUT2D eigenvalue weighted by Gasteiger charge is -2.36. The molecule has 1 fully saturated rings. The van der Waals surface area contributed by atoms with Gasteiger partial charge in [-0.3, -0.25) is 4.68 Å². The van der Waals surface area contributed by atoms with Gasteiger partial charge in [0.05, 0.1) is 16.9 Å². The predicted molar refractivity (Wildman–Crippen MR) is 110 cm³/mol. The zero-order valence-electron chi connectivity index (χ0n) is 18.4. The van der Waals surface area contributed by atoms with Crippen molar-refractivity contribution in [3.05, 3.63) is 11.9 Å². The van der Waals surface area contributed by atoms with Crippen LogP contribution in [-0.2, 0) is 20.3 Å². The predicted octanol–water partition coefficient (Wildman–Crippen LogP) is 3.90. The smallest absolute Gasteiger partial charge is 0.417 e. The standard InChI is InChI=1S/C19H37BN2O3Si/c1-15-16(20-24-18(5,6)19(7,8)25-20)14-22(21-15)12-11-13-23-26(9,10)17(2,3)4/h14H,11-13H2,1-10H3. The van der Waals surface area contributed by atoms with E-state index in [-0.39, 0.29) is 23.4 Å². The van der Waals surface area contributed by atoms with Crippen LogP contribution in [0.25, 0.3) is 0 Å². The summed E-state index contributed by atoms with van der Waals surface area (Å²) in [6, 6.07) is 0. The molecule has 1 saturated heterocycles. The molecule has 5 nitrogen and oxygen atoms in total. The summed E-state index contributed by atoms with van der Waals surface area (Å²) in [5, 5.41) is 4.90. The largest absolute Gasteiger partial charge is 0.498 e. The highest BCUT2D eigenvalue weighted by molar-refractivity contribution is 6.74. The minimum atomic E-state index is -1.67. The monoisotopic (exact) mass is 380 g/mol. The molecule has 0 spiro atoms. The van der Waals surface area contributed by atoms with Crippen LogP contribution in [0, 0.1) is 6.92 Å². The van der Waals surface area contributed by atoms with Gasteiger partial charge in [-0.25, -0.2) is 0 Å². The molecule has 1 aromatic rings. The lowest BCUT2D eigenvalue weighted by atomic mass is 9.79. The van der Waals surface area contributed by atoms with E-state index in [0.29, 0.717) is 0 Å². The van der Waals surface area contributed by atoms with Crippen LogP contribution in [0.15, 0.2) is 6.20 Å². The van der Waals surface area contributed by atoms with Crippen LogP contribution in [0.5, 0.6) is 0 Å².